The van der Waals surface area contributed by atoms with Crippen molar-refractivity contribution in [3.05, 3.63) is 11.6 Å². The zero-order valence-electron chi connectivity index (χ0n) is 23.5. The Morgan fingerprint density at radius 2 is 0.692 bits per heavy atom. The van der Waals surface area contributed by atoms with Gasteiger partial charge in [0.25, 0.3) is 0 Å². The molecule has 0 fully saturated rings. The Bertz CT molecular complexity index is 534. The molecule has 0 rings (SSSR count). The first kappa shape index (κ1) is 37.8. The van der Waals surface area contributed by atoms with Crippen molar-refractivity contribution >= 4 is 5.97 Å². The summed E-state index contributed by atoms with van der Waals surface area (Å²) in [7, 11) is 0. The van der Waals surface area contributed by atoms with E-state index in [1.54, 1.807) is 13.0 Å². The van der Waals surface area contributed by atoms with E-state index < -0.39 is 5.97 Å². The van der Waals surface area contributed by atoms with Crippen molar-refractivity contribution in [3.8, 4) is 0 Å². The Balaban J connectivity index is 3.08. The van der Waals surface area contributed by atoms with Gasteiger partial charge in [0.2, 0.25) is 0 Å². The summed E-state index contributed by atoms with van der Waals surface area (Å²) in [5.41, 5.74) is 0.322. The Kier molecular flexibility index (Phi) is 31.9. The van der Waals surface area contributed by atoms with Crippen LogP contribution < -0.4 is 0 Å². The summed E-state index contributed by atoms with van der Waals surface area (Å²) in [4.78, 5) is 10.6. The van der Waals surface area contributed by atoms with Crippen molar-refractivity contribution in [2.75, 3.05) is 139 Å². The van der Waals surface area contributed by atoms with Gasteiger partial charge in [-0.2, -0.15) is 0 Å². The summed E-state index contributed by atoms with van der Waals surface area (Å²) in [5, 5.41) is 17.3. The third-order valence-corrected chi connectivity index (χ3v) is 4.63. The number of carboxylic acids is 1. The number of carbonyl (C=O) groups is 1. The van der Waals surface area contributed by atoms with Crippen LogP contribution in [-0.2, 0) is 52.2 Å². The van der Waals surface area contributed by atoms with Crippen LogP contribution in [0.25, 0.3) is 0 Å². The molecule has 0 aliphatic carbocycles. The highest BCUT2D eigenvalue weighted by atomic mass is 16.6. The minimum absolute atomic E-state index is 0.0217. The molecule has 0 spiro atoms. The molecule has 0 heterocycles. The summed E-state index contributed by atoms with van der Waals surface area (Å²) in [6.45, 7) is 11.1. The molecular weight excluding hydrogens is 520 g/mol. The Morgan fingerprint density at radius 3 is 0.923 bits per heavy atom. The van der Waals surface area contributed by atoms with Gasteiger partial charge in [-0.15, -0.1) is 0 Å². The van der Waals surface area contributed by atoms with Crippen LogP contribution in [0.4, 0.5) is 0 Å². The van der Waals surface area contributed by atoms with E-state index in [4.69, 9.17) is 57.6 Å². The molecule has 0 saturated heterocycles. The van der Waals surface area contributed by atoms with Crippen molar-refractivity contribution in [2.24, 2.45) is 0 Å². The molecule has 232 valence electrons. The molecule has 0 aliphatic rings. The van der Waals surface area contributed by atoms with Crippen molar-refractivity contribution in [1.82, 2.24) is 0 Å². The maximum atomic E-state index is 10.6. The number of aliphatic hydroxyl groups excluding tert-OH is 1. The number of aliphatic carboxylic acids is 1. The van der Waals surface area contributed by atoms with E-state index in [0.717, 1.165) is 0 Å². The van der Waals surface area contributed by atoms with Crippen LogP contribution in [0.1, 0.15) is 13.3 Å². The van der Waals surface area contributed by atoms with E-state index in [-0.39, 0.29) is 6.61 Å². The van der Waals surface area contributed by atoms with Gasteiger partial charge in [0, 0.05) is 5.57 Å². The summed E-state index contributed by atoms with van der Waals surface area (Å²) in [5.74, 6) is -0.909. The van der Waals surface area contributed by atoms with Crippen molar-refractivity contribution < 1.29 is 62.4 Å². The first-order valence-corrected chi connectivity index (χ1v) is 13.5. The molecule has 13 heteroatoms. The lowest BCUT2D eigenvalue weighted by Crippen LogP contribution is -2.15. The second kappa shape index (κ2) is 33.0. The number of hydrogen-bond acceptors (Lipinski definition) is 12. The second-order valence-electron chi connectivity index (χ2n) is 7.83. The first-order chi connectivity index (χ1) is 19.2. The molecule has 0 aliphatic heterocycles. The predicted molar refractivity (Wildman–Crippen MR) is 141 cm³/mol. The van der Waals surface area contributed by atoms with E-state index in [0.29, 0.717) is 144 Å². The fourth-order valence-corrected chi connectivity index (χ4v) is 2.59. The minimum Gasteiger partial charge on any atom is -0.478 e. The maximum absolute atomic E-state index is 10.6. The van der Waals surface area contributed by atoms with Crippen molar-refractivity contribution in [2.45, 2.75) is 13.3 Å². The molecule has 2 N–H and O–H groups in total. The lowest BCUT2D eigenvalue weighted by Gasteiger charge is -2.09. The lowest BCUT2D eigenvalue weighted by molar-refractivity contribution is -0.132. The molecule has 0 aromatic rings. The predicted octanol–water partition coefficient (Wildman–Crippen LogP) is 0.566. The average molecular weight is 571 g/mol. The van der Waals surface area contributed by atoms with E-state index in [1.165, 1.54) is 0 Å². The molecule has 39 heavy (non-hydrogen) atoms. The van der Waals surface area contributed by atoms with Crippen molar-refractivity contribution in [3.63, 3.8) is 0 Å². The SMILES string of the molecule is CC(=CCCOCCOCCOCCOCCOCCOCCOCCOCCOCCOCCO)C(=O)O. The molecule has 0 saturated carbocycles. The third kappa shape index (κ3) is 32.9. The van der Waals surface area contributed by atoms with Gasteiger partial charge in [0.05, 0.1) is 139 Å². The largest absolute Gasteiger partial charge is 0.478 e. The van der Waals surface area contributed by atoms with E-state index in [2.05, 4.69) is 0 Å². The molecule has 0 unspecified atom stereocenters. The summed E-state index contributed by atoms with van der Waals surface area (Å²) in [6, 6.07) is 0. The van der Waals surface area contributed by atoms with Gasteiger partial charge in [-0.25, -0.2) is 4.79 Å². The van der Waals surface area contributed by atoms with Crippen LogP contribution >= 0.6 is 0 Å². The quantitative estimate of drug-likeness (QED) is 0.0837. The maximum Gasteiger partial charge on any atom is 0.330 e. The van der Waals surface area contributed by atoms with Gasteiger partial charge >= 0.3 is 5.97 Å². The van der Waals surface area contributed by atoms with Crippen LogP contribution in [0, 0.1) is 0 Å². The van der Waals surface area contributed by atoms with Crippen molar-refractivity contribution in [1.29, 1.82) is 0 Å². The van der Waals surface area contributed by atoms with Gasteiger partial charge < -0.3 is 57.6 Å². The number of carboxylic acid groups (broad SMARTS) is 1. The molecule has 0 bridgehead atoms. The number of aliphatic hydroxyl groups is 1. The van der Waals surface area contributed by atoms with Crippen LogP contribution in [0.15, 0.2) is 11.6 Å². The fourth-order valence-electron chi connectivity index (χ4n) is 2.59. The zero-order chi connectivity index (χ0) is 28.5. The van der Waals surface area contributed by atoms with Gasteiger partial charge in [-0.1, -0.05) is 6.08 Å². The van der Waals surface area contributed by atoms with E-state index >= 15 is 0 Å². The standard InChI is InChI=1S/C26H50O13/c1-25(26(28)29)3-2-5-30-7-9-32-11-13-34-15-17-36-19-21-38-23-24-39-22-20-37-18-16-35-14-12-33-10-8-31-6-4-27/h3,27H,2,4-24H2,1H3,(H,28,29). The minimum atomic E-state index is -0.909. The Labute approximate surface area is 232 Å². The smallest absolute Gasteiger partial charge is 0.330 e. The molecule has 0 radical (unpaired) electrons. The molecule has 0 amide bonds. The third-order valence-electron chi connectivity index (χ3n) is 4.63. The van der Waals surface area contributed by atoms with E-state index in [9.17, 15) is 4.79 Å². The highest BCUT2D eigenvalue weighted by Gasteiger charge is 1.98. The van der Waals surface area contributed by atoms with Gasteiger partial charge in [0.15, 0.2) is 0 Å². The van der Waals surface area contributed by atoms with E-state index in [1.807, 2.05) is 0 Å². The highest BCUT2D eigenvalue weighted by Crippen LogP contribution is 1.95. The normalized spacial score (nSPS) is 11.9. The Hall–Kier alpha value is -1.23. The molecule has 0 atom stereocenters. The van der Waals surface area contributed by atoms with Crippen LogP contribution in [0.3, 0.4) is 0 Å². The van der Waals surface area contributed by atoms with Gasteiger partial charge in [-0.3, -0.25) is 0 Å². The topological polar surface area (TPSA) is 150 Å². The zero-order valence-corrected chi connectivity index (χ0v) is 23.5. The van der Waals surface area contributed by atoms with Crippen LogP contribution in [0.2, 0.25) is 0 Å². The Morgan fingerprint density at radius 1 is 0.462 bits per heavy atom. The monoisotopic (exact) mass is 570 g/mol. The molecule has 0 aromatic heterocycles. The summed E-state index contributed by atoms with van der Waals surface area (Å²) < 4.78 is 53.7. The summed E-state index contributed by atoms with van der Waals surface area (Å²) in [6.07, 6.45) is 2.21. The first-order valence-electron chi connectivity index (χ1n) is 13.5. The highest BCUT2D eigenvalue weighted by molar-refractivity contribution is 5.85. The van der Waals surface area contributed by atoms with Crippen LogP contribution in [-0.4, -0.2) is 155 Å². The summed E-state index contributed by atoms with van der Waals surface area (Å²) >= 11 is 0. The van der Waals surface area contributed by atoms with Crippen LogP contribution in [0.5, 0.6) is 0 Å². The number of hydrogen-bond donors (Lipinski definition) is 2. The molecule has 0 aromatic carbocycles. The second-order valence-corrected chi connectivity index (χ2v) is 7.83. The average Bonchev–Trinajstić information content (AvgIpc) is 2.93. The fraction of sp³-hybridized carbons (Fsp3) is 0.885. The van der Waals surface area contributed by atoms with Gasteiger partial charge in [-0.05, 0) is 13.3 Å². The van der Waals surface area contributed by atoms with Gasteiger partial charge in [0.1, 0.15) is 0 Å². The molecular formula is C26H50O13. The number of rotatable bonds is 33. The molecule has 13 nitrogen and oxygen atoms in total. The lowest BCUT2D eigenvalue weighted by atomic mass is 10.2. The number of ether oxygens (including phenoxy) is 10.